The number of carbonyl (C=O) groups excluding carboxylic acids is 2. The highest BCUT2D eigenvalue weighted by molar-refractivity contribution is 7.18. The number of hydrogen-bond donors (Lipinski definition) is 2. The fourth-order valence-electron chi connectivity index (χ4n) is 3.35. The second-order valence-electron chi connectivity index (χ2n) is 7.51. The van der Waals surface area contributed by atoms with E-state index in [1.165, 1.54) is 6.07 Å². The predicted molar refractivity (Wildman–Crippen MR) is 128 cm³/mol. The number of aromatic nitrogens is 1. The minimum atomic E-state index is -0.968. The predicted octanol–water partition coefficient (Wildman–Crippen LogP) is 5.25. The maximum atomic E-state index is 14.0. The summed E-state index contributed by atoms with van der Waals surface area (Å²) in [5, 5.41) is 3.27. The number of amides is 1. The number of benzene rings is 3. The van der Waals surface area contributed by atoms with Crippen molar-refractivity contribution in [1.29, 1.82) is 0 Å². The second kappa shape index (κ2) is 9.80. The molecule has 34 heavy (non-hydrogen) atoms. The topological polar surface area (TPSA) is 88.3 Å². The number of nitrogens with zero attached hydrogens (tertiary/aromatic N) is 2. The molecule has 172 valence electrons. The van der Waals surface area contributed by atoms with Gasteiger partial charge in [-0.2, -0.15) is 0 Å². The molecule has 0 saturated heterocycles. The number of carbonyl (C=O) groups is 2. The Labute approximate surface area is 198 Å². The third kappa shape index (κ3) is 4.94. The van der Waals surface area contributed by atoms with Gasteiger partial charge in [0.05, 0.1) is 5.56 Å². The zero-order valence-corrected chi connectivity index (χ0v) is 18.9. The van der Waals surface area contributed by atoms with Crippen LogP contribution in [0.1, 0.15) is 31.2 Å². The average Bonchev–Trinajstić information content (AvgIpc) is 3.19. The van der Waals surface area contributed by atoms with E-state index in [4.69, 9.17) is 5.73 Å². The van der Waals surface area contributed by atoms with E-state index < -0.39 is 23.0 Å². The van der Waals surface area contributed by atoms with Gasteiger partial charge in [0.1, 0.15) is 22.3 Å². The summed E-state index contributed by atoms with van der Waals surface area (Å²) in [5.74, 6) is -3.07. The molecule has 0 unspecified atom stereocenters. The molecule has 6 nitrogen and oxygen atoms in total. The minimum Gasteiger partial charge on any atom is -0.382 e. The Morgan fingerprint density at radius 2 is 1.62 bits per heavy atom. The van der Waals surface area contributed by atoms with Crippen LogP contribution in [0.3, 0.4) is 0 Å². The average molecular weight is 479 g/mol. The van der Waals surface area contributed by atoms with E-state index in [2.05, 4.69) is 10.3 Å². The van der Waals surface area contributed by atoms with Crippen molar-refractivity contribution < 1.29 is 18.4 Å². The highest BCUT2D eigenvalue weighted by Gasteiger charge is 2.24. The molecule has 9 heteroatoms. The van der Waals surface area contributed by atoms with Crippen LogP contribution in [0.2, 0.25) is 0 Å². The lowest BCUT2D eigenvalue weighted by atomic mass is 10.1. The van der Waals surface area contributed by atoms with Gasteiger partial charge in [0.15, 0.2) is 5.13 Å². The van der Waals surface area contributed by atoms with Gasteiger partial charge < -0.3 is 16.0 Å². The molecule has 0 radical (unpaired) electrons. The van der Waals surface area contributed by atoms with Crippen LogP contribution < -0.4 is 11.1 Å². The molecule has 0 atom stereocenters. The summed E-state index contributed by atoms with van der Waals surface area (Å²) in [6.07, 6.45) is 0. The molecular formula is C25H20F2N4O2S. The van der Waals surface area contributed by atoms with Gasteiger partial charge in [-0.05, 0) is 42.0 Å². The zero-order valence-electron chi connectivity index (χ0n) is 18.1. The normalized spacial score (nSPS) is 10.7. The molecule has 0 aliphatic carbocycles. The third-order valence-corrected chi connectivity index (χ3v) is 6.03. The fraction of sp³-hybridized carbons (Fsp3) is 0.0800. The first kappa shape index (κ1) is 23.1. The lowest BCUT2D eigenvalue weighted by Gasteiger charge is -2.17. The van der Waals surface area contributed by atoms with Gasteiger partial charge in [-0.1, -0.05) is 47.7 Å². The lowest BCUT2D eigenvalue weighted by molar-refractivity contribution is 0.0785. The van der Waals surface area contributed by atoms with Crippen molar-refractivity contribution in [2.75, 3.05) is 18.1 Å². The van der Waals surface area contributed by atoms with E-state index in [0.29, 0.717) is 17.8 Å². The summed E-state index contributed by atoms with van der Waals surface area (Å²) >= 11 is 0.886. The third-order valence-electron chi connectivity index (χ3n) is 5.04. The Morgan fingerprint density at radius 3 is 2.26 bits per heavy atom. The van der Waals surface area contributed by atoms with Crippen molar-refractivity contribution in [3.63, 3.8) is 0 Å². The summed E-state index contributed by atoms with van der Waals surface area (Å²) in [5.41, 5.74) is 7.30. The summed E-state index contributed by atoms with van der Waals surface area (Å²) < 4.78 is 28.0. The first-order chi connectivity index (χ1) is 16.3. The van der Waals surface area contributed by atoms with E-state index in [0.717, 1.165) is 29.0 Å². The van der Waals surface area contributed by atoms with Gasteiger partial charge in [0.25, 0.3) is 5.91 Å². The van der Waals surface area contributed by atoms with E-state index in [-0.39, 0.29) is 21.7 Å². The zero-order chi connectivity index (χ0) is 24.2. The number of nitrogen functional groups attached to an aromatic ring is 1. The van der Waals surface area contributed by atoms with Crippen molar-refractivity contribution in [3.05, 3.63) is 106 Å². The van der Waals surface area contributed by atoms with Crippen LogP contribution in [-0.2, 0) is 6.54 Å². The molecule has 3 N–H and O–H groups in total. The number of ketones is 1. The molecule has 0 saturated carbocycles. The monoisotopic (exact) mass is 478 g/mol. The van der Waals surface area contributed by atoms with Crippen LogP contribution in [0.15, 0.2) is 72.8 Å². The number of rotatable bonds is 7. The van der Waals surface area contributed by atoms with E-state index in [1.54, 1.807) is 36.2 Å². The molecule has 0 aliphatic heterocycles. The molecule has 1 amide bonds. The Morgan fingerprint density at radius 1 is 0.971 bits per heavy atom. The largest absolute Gasteiger partial charge is 0.382 e. The summed E-state index contributed by atoms with van der Waals surface area (Å²) in [4.78, 5) is 31.0. The van der Waals surface area contributed by atoms with Crippen molar-refractivity contribution in [1.82, 2.24) is 9.88 Å². The molecule has 4 aromatic rings. The number of nitrogens with one attached hydrogen (secondary N) is 1. The SMILES string of the molecule is CN(Cc1ccccc1)C(=O)c1ccc(Nc2nc(N)c(C(=O)c3c(F)cccc3F)s2)cc1. The van der Waals surface area contributed by atoms with Gasteiger partial charge in [0, 0.05) is 24.8 Å². The van der Waals surface area contributed by atoms with Crippen molar-refractivity contribution >= 4 is 39.7 Å². The second-order valence-corrected chi connectivity index (χ2v) is 8.51. The number of nitrogens with two attached hydrogens (primary N) is 1. The number of anilines is 3. The molecule has 0 aliphatic rings. The Bertz CT molecular complexity index is 1320. The molecule has 0 fully saturated rings. The van der Waals surface area contributed by atoms with Gasteiger partial charge in [-0.3, -0.25) is 9.59 Å². The first-order valence-electron chi connectivity index (χ1n) is 10.2. The van der Waals surface area contributed by atoms with Crippen LogP contribution in [0.25, 0.3) is 0 Å². The standard InChI is InChI=1S/C25H20F2N4O2S/c1-31(14-15-6-3-2-4-7-15)24(33)16-10-12-17(13-11-16)29-25-30-23(28)22(34-25)21(32)20-18(26)8-5-9-19(20)27/h2-13H,14,28H2,1H3,(H,29,30). The molecule has 1 aromatic heterocycles. The van der Waals surface area contributed by atoms with Crippen molar-refractivity contribution in [2.24, 2.45) is 0 Å². The summed E-state index contributed by atoms with van der Waals surface area (Å²) in [6, 6.07) is 19.6. The van der Waals surface area contributed by atoms with Gasteiger partial charge in [-0.15, -0.1) is 0 Å². The molecule has 0 spiro atoms. The number of thiazole rings is 1. The van der Waals surface area contributed by atoms with E-state index in [9.17, 15) is 18.4 Å². The van der Waals surface area contributed by atoms with Crippen LogP contribution >= 0.6 is 11.3 Å². The Kier molecular flexibility index (Phi) is 6.65. The maximum absolute atomic E-state index is 14.0. The van der Waals surface area contributed by atoms with Crippen LogP contribution in [0.4, 0.5) is 25.4 Å². The molecule has 4 rings (SSSR count). The number of hydrogen-bond acceptors (Lipinski definition) is 6. The minimum absolute atomic E-state index is 0.0687. The first-order valence-corrected chi connectivity index (χ1v) is 11.1. The quantitative estimate of drug-likeness (QED) is 0.354. The fourth-order valence-corrected chi connectivity index (χ4v) is 4.20. The molecular weight excluding hydrogens is 458 g/mol. The van der Waals surface area contributed by atoms with Gasteiger partial charge in [-0.25, -0.2) is 13.8 Å². The maximum Gasteiger partial charge on any atom is 0.253 e. The summed E-state index contributed by atoms with van der Waals surface area (Å²) in [6.45, 7) is 0.484. The van der Waals surface area contributed by atoms with E-state index >= 15 is 0 Å². The Balaban J connectivity index is 1.46. The van der Waals surface area contributed by atoms with Gasteiger partial charge >= 0.3 is 0 Å². The smallest absolute Gasteiger partial charge is 0.253 e. The Hall–Kier alpha value is -4.11. The molecule has 1 heterocycles. The van der Waals surface area contributed by atoms with Crippen LogP contribution in [-0.4, -0.2) is 28.6 Å². The van der Waals surface area contributed by atoms with Crippen molar-refractivity contribution in [2.45, 2.75) is 6.54 Å². The number of halogens is 2. The highest BCUT2D eigenvalue weighted by atomic mass is 32.1. The lowest BCUT2D eigenvalue weighted by Crippen LogP contribution is -2.26. The van der Waals surface area contributed by atoms with Crippen LogP contribution in [0, 0.1) is 11.6 Å². The van der Waals surface area contributed by atoms with E-state index in [1.807, 2.05) is 30.3 Å². The highest BCUT2D eigenvalue weighted by Crippen LogP contribution is 2.31. The van der Waals surface area contributed by atoms with Crippen LogP contribution in [0.5, 0.6) is 0 Å². The molecule has 3 aromatic carbocycles. The molecule has 0 bridgehead atoms. The van der Waals surface area contributed by atoms with Crippen molar-refractivity contribution in [3.8, 4) is 0 Å². The summed E-state index contributed by atoms with van der Waals surface area (Å²) in [7, 11) is 1.73. The van der Waals surface area contributed by atoms with Gasteiger partial charge in [0.2, 0.25) is 5.78 Å².